The molecule has 0 bridgehead atoms. The second-order valence-electron chi connectivity index (χ2n) is 3.86. The van der Waals surface area contributed by atoms with Crippen LogP contribution in [0.25, 0.3) is 0 Å². The summed E-state index contributed by atoms with van der Waals surface area (Å²) >= 11 is 17.3. The topological polar surface area (TPSA) is 41.1 Å². The van der Waals surface area contributed by atoms with Crippen LogP contribution in [0.2, 0.25) is 0 Å². The molecule has 0 spiro atoms. The molecule has 0 unspecified atom stereocenters. The van der Waals surface area contributed by atoms with Gasteiger partial charge in [-0.05, 0) is 12.0 Å². The standard InChI is InChI=1S/C12H15Cl3N2O/c1-9(18)17-11(12(13,14)15)16-8-7-10-5-3-2-4-6-10/h2-6,11,16H,7-8H2,1H3,(H,17,18)/t11-/m1/s1. The molecule has 6 heteroatoms. The van der Waals surface area contributed by atoms with Crippen molar-refractivity contribution in [3.63, 3.8) is 0 Å². The van der Waals surface area contributed by atoms with E-state index in [1.807, 2.05) is 30.3 Å². The molecule has 0 radical (unpaired) electrons. The third-order valence-corrected chi connectivity index (χ3v) is 2.93. The van der Waals surface area contributed by atoms with Crippen molar-refractivity contribution >= 4 is 40.7 Å². The Morgan fingerprint density at radius 3 is 2.39 bits per heavy atom. The number of halogens is 3. The molecule has 0 saturated heterocycles. The van der Waals surface area contributed by atoms with Gasteiger partial charge in [-0.1, -0.05) is 65.1 Å². The number of amides is 1. The average Bonchev–Trinajstić information content (AvgIpc) is 2.27. The third-order valence-electron chi connectivity index (χ3n) is 2.28. The van der Waals surface area contributed by atoms with Crippen LogP contribution in [0.5, 0.6) is 0 Å². The van der Waals surface area contributed by atoms with Gasteiger partial charge in [0, 0.05) is 13.5 Å². The number of carbonyl (C=O) groups excluding carboxylic acids is 1. The van der Waals surface area contributed by atoms with Crippen LogP contribution in [-0.4, -0.2) is 22.4 Å². The summed E-state index contributed by atoms with van der Waals surface area (Å²) in [5.41, 5.74) is 1.18. The summed E-state index contributed by atoms with van der Waals surface area (Å²) in [6.07, 6.45) is 0.0845. The Bertz CT molecular complexity index is 379. The molecule has 1 rings (SSSR count). The first-order valence-electron chi connectivity index (χ1n) is 5.50. The molecule has 3 nitrogen and oxygen atoms in total. The molecule has 1 aromatic carbocycles. The molecule has 1 amide bonds. The summed E-state index contributed by atoms with van der Waals surface area (Å²) in [5, 5.41) is 5.57. The predicted molar refractivity (Wildman–Crippen MR) is 76.0 cm³/mol. The number of hydrogen-bond acceptors (Lipinski definition) is 2. The third kappa shape index (κ3) is 5.91. The Labute approximate surface area is 122 Å². The van der Waals surface area contributed by atoms with Gasteiger partial charge < -0.3 is 5.32 Å². The molecule has 0 aliphatic rings. The first-order chi connectivity index (χ1) is 8.39. The fourth-order valence-electron chi connectivity index (χ4n) is 1.46. The normalized spacial score (nSPS) is 13.1. The van der Waals surface area contributed by atoms with Gasteiger partial charge in [0.25, 0.3) is 0 Å². The molecule has 0 saturated carbocycles. The number of benzene rings is 1. The molecule has 100 valence electrons. The fraction of sp³-hybridized carbons (Fsp3) is 0.417. The molecule has 1 aromatic rings. The summed E-state index contributed by atoms with van der Waals surface area (Å²) < 4.78 is -1.58. The van der Waals surface area contributed by atoms with E-state index in [-0.39, 0.29) is 5.91 Å². The Morgan fingerprint density at radius 2 is 1.89 bits per heavy atom. The zero-order valence-electron chi connectivity index (χ0n) is 9.92. The second-order valence-corrected chi connectivity index (χ2v) is 6.23. The quantitative estimate of drug-likeness (QED) is 0.648. The van der Waals surface area contributed by atoms with E-state index in [2.05, 4.69) is 10.6 Å². The smallest absolute Gasteiger partial charge is 0.223 e. The van der Waals surface area contributed by atoms with Gasteiger partial charge in [-0.15, -0.1) is 0 Å². The molecule has 0 aromatic heterocycles. The maximum atomic E-state index is 11.0. The maximum Gasteiger partial charge on any atom is 0.223 e. The van der Waals surface area contributed by atoms with Gasteiger partial charge >= 0.3 is 0 Å². The van der Waals surface area contributed by atoms with Gasteiger partial charge in [-0.2, -0.15) is 0 Å². The predicted octanol–water partition coefficient (Wildman–Crippen LogP) is 2.65. The van der Waals surface area contributed by atoms with Crippen LogP contribution in [0, 0.1) is 0 Å². The molecule has 2 N–H and O–H groups in total. The molecular formula is C12H15Cl3N2O. The minimum atomic E-state index is -1.58. The number of alkyl halides is 3. The van der Waals surface area contributed by atoms with Crippen molar-refractivity contribution in [2.75, 3.05) is 6.54 Å². The van der Waals surface area contributed by atoms with E-state index in [0.29, 0.717) is 6.54 Å². The molecule has 18 heavy (non-hydrogen) atoms. The monoisotopic (exact) mass is 308 g/mol. The van der Waals surface area contributed by atoms with E-state index in [1.165, 1.54) is 12.5 Å². The van der Waals surface area contributed by atoms with Gasteiger partial charge in [0.1, 0.15) is 6.17 Å². The Kier molecular flexibility index (Phi) is 6.22. The van der Waals surface area contributed by atoms with E-state index in [1.54, 1.807) is 0 Å². The summed E-state index contributed by atoms with van der Waals surface area (Å²) in [7, 11) is 0. The number of rotatable bonds is 5. The highest BCUT2D eigenvalue weighted by molar-refractivity contribution is 6.68. The lowest BCUT2D eigenvalue weighted by atomic mass is 10.1. The molecule has 0 aliphatic heterocycles. The summed E-state index contributed by atoms with van der Waals surface area (Å²) in [5.74, 6) is -0.251. The van der Waals surface area contributed by atoms with E-state index in [4.69, 9.17) is 34.8 Å². The highest BCUT2D eigenvalue weighted by Gasteiger charge is 2.32. The van der Waals surface area contributed by atoms with Crippen LogP contribution in [0.15, 0.2) is 30.3 Å². The number of nitrogens with one attached hydrogen (secondary N) is 2. The Hall–Kier alpha value is -0.480. The van der Waals surface area contributed by atoms with Crippen molar-refractivity contribution in [3.8, 4) is 0 Å². The maximum absolute atomic E-state index is 11.0. The van der Waals surface area contributed by atoms with Gasteiger partial charge in [-0.25, -0.2) is 0 Å². The highest BCUT2D eigenvalue weighted by Crippen LogP contribution is 2.28. The largest absolute Gasteiger partial charge is 0.337 e. The van der Waals surface area contributed by atoms with Crippen molar-refractivity contribution in [2.45, 2.75) is 23.3 Å². The van der Waals surface area contributed by atoms with Crippen LogP contribution in [0.3, 0.4) is 0 Å². The first kappa shape index (κ1) is 15.6. The minimum absolute atomic E-state index is 0.251. The fourth-order valence-corrected chi connectivity index (χ4v) is 1.85. The molecule has 1 atom stereocenters. The first-order valence-corrected chi connectivity index (χ1v) is 6.64. The molecule has 0 aliphatic carbocycles. The highest BCUT2D eigenvalue weighted by atomic mass is 35.6. The van der Waals surface area contributed by atoms with Gasteiger partial charge in [-0.3, -0.25) is 10.1 Å². The summed E-state index contributed by atoms with van der Waals surface area (Å²) in [4.78, 5) is 11.0. The van der Waals surface area contributed by atoms with Crippen molar-refractivity contribution in [3.05, 3.63) is 35.9 Å². The molecular weight excluding hydrogens is 295 g/mol. The molecule has 0 heterocycles. The average molecular weight is 310 g/mol. The zero-order valence-corrected chi connectivity index (χ0v) is 12.2. The van der Waals surface area contributed by atoms with E-state index < -0.39 is 9.96 Å². The van der Waals surface area contributed by atoms with Crippen molar-refractivity contribution < 1.29 is 4.79 Å². The van der Waals surface area contributed by atoms with Gasteiger partial charge in [0.05, 0.1) is 0 Å². The lowest BCUT2D eigenvalue weighted by Crippen LogP contribution is -2.53. The van der Waals surface area contributed by atoms with Crippen molar-refractivity contribution in [1.29, 1.82) is 0 Å². The number of hydrogen-bond donors (Lipinski definition) is 2. The van der Waals surface area contributed by atoms with Crippen LogP contribution < -0.4 is 10.6 Å². The SMILES string of the molecule is CC(=O)N[C@@H](NCCc1ccccc1)C(Cl)(Cl)Cl. The lowest BCUT2D eigenvalue weighted by molar-refractivity contribution is -0.119. The summed E-state index contributed by atoms with van der Waals surface area (Å²) in [6, 6.07) is 9.93. The van der Waals surface area contributed by atoms with Crippen LogP contribution in [0.1, 0.15) is 12.5 Å². The zero-order chi connectivity index (χ0) is 13.6. The van der Waals surface area contributed by atoms with Crippen molar-refractivity contribution in [2.24, 2.45) is 0 Å². The molecule has 0 fully saturated rings. The van der Waals surface area contributed by atoms with Crippen molar-refractivity contribution in [1.82, 2.24) is 10.6 Å². The lowest BCUT2D eigenvalue weighted by Gasteiger charge is -2.26. The van der Waals surface area contributed by atoms with Gasteiger partial charge in [0.2, 0.25) is 9.70 Å². The second kappa shape index (κ2) is 7.19. The van der Waals surface area contributed by atoms with E-state index >= 15 is 0 Å². The minimum Gasteiger partial charge on any atom is -0.337 e. The van der Waals surface area contributed by atoms with Crippen LogP contribution in [-0.2, 0) is 11.2 Å². The summed E-state index contributed by atoms with van der Waals surface area (Å²) in [6.45, 7) is 1.98. The van der Waals surface area contributed by atoms with E-state index in [9.17, 15) is 4.79 Å². The van der Waals surface area contributed by atoms with Crippen LogP contribution >= 0.6 is 34.8 Å². The Balaban J connectivity index is 2.45. The number of carbonyl (C=O) groups is 1. The van der Waals surface area contributed by atoms with Crippen LogP contribution in [0.4, 0.5) is 0 Å². The van der Waals surface area contributed by atoms with Gasteiger partial charge in [0.15, 0.2) is 0 Å². The van der Waals surface area contributed by atoms with E-state index in [0.717, 1.165) is 6.42 Å². The Morgan fingerprint density at radius 1 is 1.28 bits per heavy atom.